The normalized spacial score (nSPS) is 30.6. The molecule has 0 heterocycles. The van der Waals surface area contributed by atoms with E-state index in [-0.39, 0.29) is 0 Å². The van der Waals surface area contributed by atoms with E-state index < -0.39 is 0 Å². The largest absolute Gasteiger partial charge is 0.316 e. The molecule has 1 unspecified atom stereocenters. The number of likely N-dealkylation sites (N-methyl/N-ethyl adjacent to an activating group) is 1. The van der Waals surface area contributed by atoms with Gasteiger partial charge in [-0.15, -0.1) is 0 Å². The minimum atomic E-state index is 0.832. The Kier molecular flexibility index (Phi) is 3.16. The van der Waals surface area contributed by atoms with Gasteiger partial charge in [0.15, 0.2) is 0 Å². The molecule has 10 heavy (non-hydrogen) atoms. The predicted molar refractivity (Wildman–Crippen MR) is 44.1 cm³/mol. The standard InChI is InChI=1S/C8H18N2/c1-3-9-4-5-10-8-6-7(8)2/h7-10H,3-6H2,1-2H3/t7-,8?/m0/s1. The summed E-state index contributed by atoms with van der Waals surface area (Å²) in [5.41, 5.74) is 0. The lowest BCUT2D eigenvalue weighted by atomic mass is 10.4. The van der Waals surface area contributed by atoms with E-state index in [4.69, 9.17) is 0 Å². The minimum Gasteiger partial charge on any atom is -0.316 e. The maximum Gasteiger partial charge on any atom is 0.00969 e. The van der Waals surface area contributed by atoms with Crippen molar-refractivity contribution >= 4 is 0 Å². The summed E-state index contributed by atoms with van der Waals surface area (Å²) in [6.45, 7) is 7.76. The average Bonchev–Trinajstić information content (AvgIpc) is 2.60. The van der Waals surface area contributed by atoms with Crippen molar-refractivity contribution in [2.24, 2.45) is 5.92 Å². The van der Waals surface area contributed by atoms with E-state index in [1.165, 1.54) is 6.42 Å². The maximum atomic E-state index is 3.48. The van der Waals surface area contributed by atoms with Crippen LogP contribution < -0.4 is 10.6 Å². The van der Waals surface area contributed by atoms with E-state index in [0.717, 1.165) is 31.6 Å². The second-order valence-corrected chi connectivity index (χ2v) is 3.13. The predicted octanol–water partition coefficient (Wildman–Crippen LogP) is 0.594. The van der Waals surface area contributed by atoms with Gasteiger partial charge >= 0.3 is 0 Å². The topological polar surface area (TPSA) is 24.1 Å². The molecule has 1 rings (SSSR count). The molecule has 0 amide bonds. The van der Waals surface area contributed by atoms with Crippen LogP contribution in [0.3, 0.4) is 0 Å². The lowest BCUT2D eigenvalue weighted by Gasteiger charge is -2.02. The van der Waals surface area contributed by atoms with Crippen molar-refractivity contribution in [2.45, 2.75) is 26.3 Å². The molecule has 1 aliphatic carbocycles. The van der Waals surface area contributed by atoms with Gasteiger partial charge in [0.1, 0.15) is 0 Å². The molecule has 0 aromatic carbocycles. The van der Waals surface area contributed by atoms with Crippen molar-refractivity contribution in [3.8, 4) is 0 Å². The molecule has 1 saturated carbocycles. The van der Waals surface area contributed by atoms with Crippen LogP contribution in [-0.2, 0) is 0 Å². The molecule has 2 heteroatoms. The molecule has 0 aliphatic heterocycles. The Labute approximate surface area is 63.4 Å². The Morgan fingerprint density at radius 3 is 2.60 bits per heavy atom. The molecule has 1 aliphatic rings. The molecular weight excluding hydrogens is 124 g/mol. The van der Waals surface area contributed by atoms with Crippen molar-refractivity contribution in [1.82, 2.24) is 10.6 Å². The van der Waals surface area contributed by atoms with Gasteiger partial charge in [0, 0.05) is 19.1 Å². The van der Waals surface area contributed by atoms with Gasteiger partial charge in [-0.3, -0.25) is 0 Å². The number of rotatable bonds is 5. The van der Waals surface area contributed by atoms with Gasteiger partial charge in [-0.05, 0) is 18.9 Å². The Bertz CT molecular complexity index is 93.3. The fourth-order valence-electron chi connectivity index (χ4n) is 1.13. The van der Waals surface area contributed by atoms with Crippen molar-refractivity contribution in [2.75, 3.05) is 19.6 Å². The van der Waals surface area contributed by atoms with Crippen LogP contribution in [0, 0.1) is 5.92 Å². The monoisotopic (exact) mass is 142 g/mol. The van der Waals surface area contributed by atoms with Gasteiger partial charge in [-0.25, -0.2) is 0 Å². The fourth-order valence-corrected chi connectivity index (χ4v) is 1.13. The highest BCUT2D eigenvalue weighted by Crippen LogP contribution is 2.28. The van der Waals surface area contributed by atoms with Crippen LogP contribution in [0.4, 0.5) is 0 Å². The van der Waals surface area contributed by atoms with E-state index in [1.54, 1.807) is 0 Å². The first kappa shape index (κ1) is 8.02. The summed E-state index contributed by atoms with van der Waals surface area (Å²) in [5.74, 6) is 0.932. The summed E-state index contributed by atoms with van der Waals surface area (Å²) in [5, 5.41) is 6.76. The molecule has 2 atom stereocenters. The van der Waals surface area contributed by atoms with E-state index in [1.807, 2.05) is 0 Å². The quantitative estimate of drug-likeness (QED) is 0.549. The lowest BCUT2D eigenvalue weighted by molar-refractivity contribution is 0.605. The number of hydrogen-bond donors (Lipinski definition) is 2. The first-order valence-electron chi connectivity index (χ1n) is 4.28. The highest BCUT2D eigenvalue weighted by Gasteiger charge is 2.31. The molecule has 2 nitrogen and oxygen atoms in total. The van der Waals surface area contributed by atoms with Gasteiger partial charge < -0.3 is 10.6 Å². The van der Waals surface area contributed by atoms with Crippen molar-refractivity contribution in [1.29, 1.82) is 0 Å². The molecule has 0 saturated heterocycles. The maximum absolute atomic E-state index is 3.48. The third kappa shape index (κ3) is 2.67. The zero-order valence-corrected chi connectivity index (χ0v) is 6.98. The van der Waals surface area contributed by atoms with Crippen molar-refractivity contribution in [3.05, 3.63) is 0 Å². The zero-order valence-electron chi connectivity index (χ0n) is 6.98. The second-order valence-electron chi connectivity index (χ2n) is 3.13. The molecule has 0 bridgehead atoms. The van der Waals surface area contributed by atoms with E-state index in [0.29, 0.717) is 0 Å². The molecule has 0 spiro atoms. The summed E-state index contributed by atoms with van der Waals surface area (Å²) in [4.78, 5) is 0. The Balaban J connectivity index is 1.78. The van der Waals surface area contributed by atoms with Gasteiger partial charge in [-0.2, -0.15) is 0 Å². The van der Waals surface area contributed by atoms with E-state index in [9.17, 15) is 0 Å². The van der Waals surface area contributed by atoms with E-state index >= 15 is 0 Å². The summed E-state index contributed by atoms with van der Waals surface area (Å²) in [6, 6.07) is 0.832. The number of nitrogens with one attached hydrogen (secondary N) is 2. The van der Waals surface area contributed by atoms with Crippen molar-refractivity contribution < 1.29 is 0 Å². The highest BCUT2D eigenvalue weighted by atomic mass is 15.0. The van der Waals surface area contributed by atoms with Gasteiger partial charge in [0.2, 0.25) is 0 Å². The zero-order chi connectivity index (χ0) is 7.40. The summed E-state index contributed by atoms with van der Waals surface area (Å²) < 4.78 is 0. The third-order valence-electron chi connectivity index (χ3n) is 2.07. The molecular formula is C8H18N2. The van der Waals surface area contributed by atoms with Crippen LogP contribution in [0.15, 0.2) is 0 Å². The summed E-state index contributed by atoms with van der Waals surface area (Å²) in [7, 11) is 0. The lowest BCUT2D eigenvalue weighted by Crippen LogP contribution is -2.28. The molecule has 1 fully saturated rings. The van der Waals surface area contributed by atoms with Crippen molar-refractivity contribution in [3.63, 3.8) is 0 Å². The summed E-state index contributed by atoms with van der Waals surface area (Å²) in [6.07, 6.45) is 1.38. The minimum absolute atomic E-state index is 0.832. The highest BCUT2D eigenvalue weighted by molar-refractivity contribution is 4.89. The second kappa shape index (κ2) is 3.94. The Hall–Kier alpha value is -0.0800. The Morgan fingerprint density at radius 2 is 2.10 bits per heavy atom. The summed E-state index contributed by atoms with van der Waals surface area (Å²) >= 11 is 0. The van der Waals surface area contributed by atoms with Crippen LogP contribution in [-0.4, -0.2) is 25.7 Å². The van der Waals surface area contributed by atoms with E-state index in [2.05, 4.69) is 24.5 Å². The molecule has 0 aromatic rings. The van der Waals surface area contributed by atoms with Crippen LogP contribution in [0.1, 0.15) is 20.3 Å². The average molecular weight is 142 g/mol. The van der Waals surface area contributed by atoms with Crippen LogP contribution >= 0.6 is 0 Å². The SMILES string of the molecule is CCNCCNC1C[C@@H]1C. The molecule has 2 N–H and O–H groups in total. The molecule has 0 radical (unpaired) electrons. The number of hydrogen-bond acceptors (Lipinski definition) is 2. The van der Waals surface area contributed by atoms with Gasteiger partial charge in [0.25, 0.3) is 0 Å². The van der Waals surface area contributed by atoms with Gasteiger partial charge in [-0.1, -0.05) is 13.8 Å². The van der Waals surface area contributed by atoms with Crippen LogP contribution in [0.5, 0.6) is 0 Å². The third-order valence-corrected chi connectivity index (χ3v) is 2.07. The van der Waals surface area contributed by atoms with Crippen LogP contribution in [0.2, 0.25) is 0 Å². The fraction of sp³-hybridized carbons (Fsp3) is 1.00. The molecule has 0 aromatic heterocycles. The van der Waals surface area contributed by atoms with Gasteiger partial charge in [0.05, 0.1) is 0 Å². The molecule has 60 valence electrons. The first-order chi connectivity index (χ1) is 4.84. The Morgan fingerprint density at radius 1 is 1.40 bits per heavy atom. The smallest absolute Gasteiger partial charge is 0.00969 e. The van der Waals surface area contributed by atoms with Crippen LogP contribution in [0.25, 0.3) is 0 Å². The first-order valence-corrected chi connectivity index (χ1v) is 4.28.